The van der Waals surface area contributed by atoms with E-state index in [9.17, 15) is 17.6 Å². The van der Waals surface area contributed by atoms with E-state index in [0.717, 1.165) is 38.2 Å². The summed E-state index contributed by atoms with van der Waals surface area (Å²) in [7, 11) is -3.93. The van der Waals surface area contributed by atoms with Gasteiger partial charge in [-0.3, -0.25) is 4.79 Å². The summed E-state index contributed by atoms with van der Waals surface area (Å²) in [6.07, 6.45) is 4.58. The van der Waals surface area contributed by atoms with E-state index in [1.807, 2.05) is 0 Å². The minimum atomic E-state index is -3.93. The number of benzene rings is 1. The summed E-state index contributed by atoms with van der Waals surface area (Å²) >= 11 is 0. The molecule has 1 aromatic carbocycles. The molecule has 136 valence electrons. The number of sulfonamides is 1. The first-order chi connectivity index (χ1) is 11.8. The SMILES string of the molecule is NC1C2CCC(C2)C1C(=O)Nc1ccc(F)c(S(=O)(=O)NC2CC2)c1. The zero-order valence-corrected chi connectivity index (χ0v) is 14.6. The molecule has 1 amide bonds. The lowest BCUT2D eigenvalue weighted by Crippen LogP contribution is -2.42. The third-order valence-corrected chi connectivity index (χ3v) is 7.21. The number of rotatable bonds is 5. The third kappa shape index (κ3) is 3.18. The molecule has 8 heteroatoms. The van der Waals surface area contributed by atoms with Crippen LogP contribution in [0.5, 0.6) is 0 Å². The van der Waals surface area contributed by atoms with Crippen LogP contribution in [0.4, 0.5) is 10.1 Å². The zero-order chi connectivity index (χ0) is 17.8. The van der Waals surface area contributed by atoms with E-state index in [1.54, 1.807) is 0 Å². The van der Waals surface area contributed by atoms with Gasteiger partial charge in [0, 0.05) is 17.8 Å². The molecule has 0 spiro atoms. The Balaban J connectivity index is 1.53. The number of nitrogens with two attached hydrogens (primary N) is 1. The topological polar surface area (TPSA) is 101 Å². The van der Waals surface area contributed by atoms with Crippen LogP contribution in [0.15, 0.2) is 23.1 Å². The molecule has 0 saturated heterocycles. The van der Waals surface area contributed by atoms with E-state index in [4.69, 9.17) is 5.73 Å². The number of hydrogen-bond donors (Lipinski definition) is 3. The highest BCUT2D eigenvalue weighted by atomic mass is 32.2. The minimum absolute atomic E-state index is 0.116. The van der Waals surface area contributed by atoms with Crippen molar-refractivity contribution in [3.8, 4) is 0 Å². The Morgan fingerprint density at radius 1 is 1.16 bits per heavy atom. The Bertz CT molecular complexity index is 807. The average Bonchev–Trinajstić information content (AvgIpc) is 3.12. The summed E-state index contributed by atoms with van der Waals surface area (Å²) in [4.78, 5) is 12.2. The first-order valence-electron chi connectivity index (χ1n) is 8.73. The molecular formula is C17H22FN3O3S. The van der Waals surface area contributed by atoms with Crippen molar-refractivity contribution < 1.29 is 17.6 Å². The van der Waals surface area contributed by atoms with Gasteiger partial charge >= 0.3 is 0 Å². The van der Waals surface area contributed by atoms with Crippen LogP contribution in [-0.2, 0) is 14.8 Å². The first-order valence-corrected chi connectivity index (χ1v) is 10.2. The number of halogens is 1. The summed E-state index contributed by atoms with van der Waals surface area (Å²) in [5.74, 6) is -0.603. The van der Waals surface area contributed by atoms with E-state index >= 15 is 0 Å². The van der Waals surface area contributed by atoms with Gasteiger partial charge in [-0.15, -0.1) is 0 Å². The normalized spacial score (nSPS) is 31.3. The number of fused-ring (bicyclic) bond motifs is 2. The van der Waals surface area contributed by atoms with Gasteiger partial charge in [-0.2, -0.15) is 0 Å². The maximum Gasteiger partial charge on any atom is 0.243 e. The van der Waals surface area contributed by atoms with Crippen molar-refractivity contribution in [1.82, 2.24) is 4.72 Å². The fourth-order valence-electron chi connectivity index (χ4n) is 4.22. The fraction of sp³-hybridized carbons (Fsp3) is 0.588. The number of hydrogen-bond acceptors (Lipinski definition) is 4. The molecule has 0 aliphatic heterocycles. The predicted molar refractivity (Wildman–Crippen MR) is 90.7 cm³/mol. The average molecular weight is 367 g/mol. The van der Waals surface area contributed by atoms with Crippen molar-refractivity contribution in [3.63, 3.8) is 0 Å². The quantitative estimate of drug-likeness (QED) is 0.735. The van der Waals surface area contributed by atoms with Crippen LogP contribution in [-0.4, -0.2) is 26.4 Å². The second-order valence-electron chi connectivity index (χ2n) is 7.47. The highest BCUT2D eigenvalue weighted by molar-refractivity contribution is 7.89. The number of anilines is 1. The highest BCUT2D eigenvalue weighted by Gasteiger charge is 2.49. The van der Waals surface area contributed by atoms with Crippen molar-refractivity contribution in [2.75, 3.05) is 5.32 Å². The molecule has 0 radical (unpaired) electrons. The molecule has 4 atom stereocenters. The highest BCUT2D eigenvalue weighted by Crippen LogP contribution is 2.47. The largest absolute Gasteiger partial charge is 0.327 e. The summed E-state index contributed by atoms with van der Waals surface area (Å²) in [5, 5.41) is 2.73. The Morgan fingerprint density at radius 3 is 2.52 bits per heavy atom. The summed E-state index contributed by atoms with van der Waals surface area (Å²) < 4.78 is 41.0. The van der Waals surface area contributed by atoms with Crippen molar-refractivity contribution in [3.05, 3.63) is 24.0 Å². The molecule has 4 unspecified atom stereocenters. The third-order valence-electron chi connectivity index (χ3n) is 5.67. The summed E-state index contributed by atoms with van der Waals surface area (Å²) in [6, 6.07) is 3.35. The van der Waals surface area contributed by atoms with Crippen LogP contribution in [0.2, 0.25) is 0 Å². The Labute approximate surface area is 146 Å². The van der Waals surface area contributed by atoms with Crippen molar-refractivity contribution in [2.45, 2.75) is 49.1 Å². The lowest BCUT2D eigenvalue weighted by molar-refractivity contribution is -0.121. The molecule has 3 fully saturated rings. The molecule has 3 aliphatic rings. The van der Waals surface area contributed by atoms with Gasteiger partial charge in [0.25, 0.3) is 0 Å². The Hall–Kier alpha value is -1.51. The lowest BCUT2D eigenvalue weighted by atomic mass is 9.84. The zero-order valence-electron chi connectivity index (χ0n) is 13.7. The van der Waals surface area contributed by atoms with Crippen LogP contribution < -0.4 is 15.8 Å². The standard InChI is InChI=1S/C17H22FN3O3S/c18-13-6-5-12(8-14(13)25(23,24)21-11-3-4-11)20-17(22)15-9-1-2-10(7-9)16(15)19/h5-6,8-11,15-16,21H,1-4,7,19H2,(H,20,22). The van der Waals surface area contributed by atoms with Gasteiger partial charge in [-0.05, 0) is 62.1 Å². The van der Waals surface area contributed by atoms with Crippen LogP contribution in [0.1, 0.15) is 32.1 Å². The molecule has 25 heavy (non-hydrogen) atoms. The molecule has 6 nitrogen and oxygen atoms in total. The van der Waals surface area contributed by atoms with Crippen molar-refractivity contribution in [1.29, 1.82) is 0 Å². The van der Waals surface area contributed by atoms with Gasteiger partial charge in [0.05, 0.1) is 5.92 Å². The lowest BCUT2D eigenvalue weighted by Gasteiger charge is -2.27. The van der Waals surface area contributed by atoms with Crippen molar-refractivity contribution >= 4 is 21.6 Å². The van der Waals surface area contributed by atoms with E-state index in [-0.39, 0.29) is 29.6 Å². The maximum absolute atomic E-state index is 14.0. The first kappa shape index (κ1) is 16.9. The van der Waals surface area contributed by atoms with Gasteiger partial charge in [0.15, 0.2) is 0 Å². The predicted octanol–water partition coefficient (Wildman–Crippen LogP) is 1.58. The van der Waals surface area contributed by atoms with Crippen molar-refractivity contribution in [2.24, 2.45) is 23.5 Å². The van der Waals surface area contributed by atoms with E-state index < -0.39 is 20.7 Å². The second kappa shape index (κ2) is 6.03. The van der Waals surface area contributed by atoms with E-state index in [2.05, 4.69) is 10.0 Å². The number of amides is 1. The molecule has 0 heterocycles. The molecule has 3 saturated carbocycles. The van der Waals surface area contributed by atoms with Crippen LogP contribution in [0.3, 0.4) is 0 Å². The number of carbonyl (C=O) groups is 1. The van der Waals surface area contributed by atoms with Gasteiger partial charge < -0.3 is 11.1 Å². The number of carbonyl (C=O) groups excluding carboxylic acids is 1. The fourth-order valence-corrected chi connectivity index (χ4v) is 5.63. The van der Waals surface area contributed by atoms with E-state index in [0.29, 0.717) is 11.8 Å². The summed E-state index contributed by atoms with van der Waals surface area (Å²) in [6.45, 7) is 0. The second-order valence-corrected chi connectivity index (χ2v) is 9.15. The van der Waals surface area contributed by atoms with Gasteiger partial charge in [-0.1, -0.05) is 0 Å². The maximum atomic E-state index is 14.0. The molecule has 3 aliphatic carbocycles. The van der Waals surface area contributed by atoms with Crippen LogP contribution in [0, 0.1) is 23.6 Å². The Kier molecular flexibility index (Phi) is 4.09. The van der Waals surface area contributed by atoms with Gasteiger partial charge in [0.2, 0.25) is 15.9 Å². The van der Waals surface area contributed by atoms with Gasteiger partial charge in [-0.25, -0.2) is 17.5 Å². The molecule has 0 aromatic heterocycles. The molecule has 2 bridgehead atoms. The van der Waals surface area contributed by atoms with Gasteiger partial charge in [0.1, 0.15) is 10.7 Å². The van der Waals surface area contributed by atoms with Crippen LogP contribution in [0.25, 0.3) is 0 Å². The smallest absolute Gasteiger partial charge is 0.243 e. The molecule has 1 aromatic rings. The number of nitrogens with one attached hydrogen (secondary N) is 2. The monoisotopic (exact) mass is 367 g/mol. The summed E-state index contributed by atoms with van der Waals surface area (Å²) in [5.41, 5.74) is 6.45. The van der Waals surface area contributed by atoms with E-state index in [1.165, 1.54) is 12.1 Å². The minimum Gasteiger partial charge on any atom is -0.327 e. The van der Waals surface area contributed by atoms with Crippen LogP contribution >= 0.6 is 0 Å². The molecule has 4 rings (SSSR count). The Morgan fingerprint density at radius 2 is 1.88 bits per heavy atom. The molecule has 4 N–H and O–H groups in total. The molecular weight excluding hydrogens is 345 g/mol.